The molecule has 0 bridgehead atoms. The van der Waals surface area contributed by atoms with Gasteiger partial charge in [0.05, 0.1) is 12.7 Å². The van der Waals surface area contributed by atoms with Gasteiger partial charge in [-0.25, -0.2) is 4.39 Å². The molecule has 0 amide bonds. The number of halogens is 4. The number of aromatic nitrogens is 2. The minimum atomic E-state index is -4.83. The third-order valence-corrected chi connectivity index (χ3v) is 3.74. The number of hydrogen-bond donors (Lipinski definition) is 3. The second kappa shape index (κ2) is 5.72. The van der Waals surface area contributed by atoms with Crippen LogP contribution in [0.1, 0.15) is 6.23 Å². The highest BCUT2D eigenvalue weighted by molar-refractivity contribution is 7.72. The lowest BCUT2D eigenvalue weighted by molar-refractivity contribution is -0.211. The summed E-state index contributed by atoms with van der Waals surface area (Å²) in [4.78, 5) is 2.23. The molecule has 1 aliphatic heterocycles. The van der Waals surface area contributed by atoms with E-state index in [9.17, 15) is 22.7 Å². The van der Waals surface area contributed by atoms with Crippen LogP contribution >= 0.6 is 24.4 Å². The Balaban J connectivity index is 2.53. The third kappa shape index (κ3) is 3.01. The summed E-state index contributed by atoms with van der Waals surface area (Å²) in [5.74, 6) is -3.34. The monoisotopic (exact) mass is 346 g/mol. The molecule has 3 N–H and O–H groups in total. The molecule has 1 aromatic rings. The molecule has 1 unspecified atom stereocenters. The maximum Gasteiger partial charge on any atom is 0.398 e. The molecule has 1 aromatic heterocycles. The number of rotatable bonds is 2. The van der Waals surface area contributed by atoms with Crippen molar-refractivity contribution in [3.05, 3.63) is 21.4 Å². The zero-order valence-electron chi connectivity index (χ0n) is 10.2. The first-order valence-electron chi connectivity index (χ1n) is 5.69. The van der Waals surface area contributed by atoms with Crippen LogP contribution in [0.25, 0.3) is 0 Å². The molecule has 0 radical (unpaired) electrons. The summed E-state index contributed by atoms with van der Waals surface area (Å²) in [5, 5.41) is 18.6. The molecule has 11 heteroatoms. The largest absolute Gasteiger partial charge is 0.398 e. The molecule has 0 saturated carbocycles. The maximum absolute atomic E-state index is 13.5. The fourth-order valence-corrected chi connectivity index (χ4v) is 2.61. The number of ether oxygens (including phenoxy) is 1. The van der Waals surface area contributed by atoms with E-state index in [1.165, 1.54) is 0 Å². The Morgan fingerprint density at radius 2 is 2.00 bits per heavy atom. The summed E-state index contributed by atoms with van der Waals surface area (Å²) in [6, 6.07) is 0. The second-order valence-electron chi connectivity index (χ2n) is 4.45. The van der Waals surface area contributed by atoms with E-state index < -0.39 is 43.0 Å². The van der Waals surface area contributed by atoms with Crippen molar-refractivity contribution in [2.24, 2.45) is 5.92 Å². The van der Waals surface area contributed by atoms with E-state index in [2.05, 4.69) is 17.2 Å². The van der Waals surface area contributed by atoms with Gasteiger partial charge in [0.1, 0.15) is 16.7 Å². The van der Waals surface area contributed by atoms with Gasteiger partial charge in [-0.1, -0.05) is 12.2 Å². The minimum absolute atomic E-state index is 0.286. The summed E-state index contributed by atoms with van der Waals surface area (Å²) in [7, 11) is 0. The average Bonchev–Trinajstić information content (AvgIpc) is 2.70. The molecule has 0 aromatic carbocycles. The number of aliphatic hydroxyl groups excluding tert-OH is 2. The van der Waals surface area contributed by atoms with E-state index in [1.807, 2.05) is 0 Å². The molecular weight excluding hydrogens is 336 g/mol. The van der Waals surface area contributed by atoms with Gasteiger partial charge in [0.15, 0.2) is 16.8 Å². The Labute approximate surface area is 125 Å². The van der Waals surface area contributed by atoms with Crippen molar-refractivity contribution in [3.63, 3.8) is 0 Å². The fraction of sp³-hybridized carbons (Fsp3) is 0.600. The molecule has 0 aliphatic carbocycles. The zero-order chi connectivity index (χ0) is 15.9. The van der Waals surface area contributed by atoms with Gasteiger partial charge in [-0.05, 0) is 12.2 Å². The lowest BCUT2D eigenvalue weighted by Gasteiger charge is -2.24. The van der Waals surface area contributed by atoms with Crippen LogP contribution in [0.2, 0.25) is 0 Å². The van der Waals surface area contributed by atoms with E-state index in [1.54, 1.807) is 0 Å². The normalized spacial score (nSPS) is 29.8. The van der Waals surface area contributed by atoms with Gasteiger partial charge in [0.2, 0.25) is 0 Å². The molecule has 4 atom stereocenters. The highest BCUT2D eigenvalue weighted by atomic mass is 32.1. The standard InChI is InChI=1S/C10H10F4N2O3S2/c11-3-1-16(9(21)15-7(3)20)8-5(10(12,13)14)6(18)4(2-17)19-8/h1,4-6,8,17-18H,2H2,(H,15,20,21)/t4-,5?,6+,8-/m1/s1. The van der Waals surface area contributed by atoms with Crippen LogP contribution in [-0.4, -0.2) is 44.8 Å². The Bertz CT molecular complexity index is 644. The van der Waals surface area contributed by atoms with E-state index in [-0.39, 0.29) is 9.41 Å². The van der Waals surface area contributed by atoms with Crippen molar-refractivity contribution in [1.82, 2.24) is 9.55 Å². The van der Waals surface area contributed by atoms with Gasteiger partial charge < -0.3 is 19.9 Å². The highest BCUT2D eigenvalue weighted by Crippen LogP contribution is 2.44. The smallest absolute Gasteiger partial charge is 0.394 e. The Kier molecular flexibility index (Phi) is 4.49. The van der Waals surface area contributed by atoms with Crippen molar-refractivity contribution in [2.75, 3.05) is 6.61 Å². The topological polar surface area (TPSA) is 70.4 Å². The predicted octanol–water partition coefficient (Wildman–Crippen LogP) is 1.84. The van der Waals surface area contributed by atoms with Gasteiger partial charge in [-0.3, -0.25) is 4.57 Å². The molecule has 1 saturated heterocycles. The van der Waals surface area contributed by atoms with Crippen LogP contribution in [-0.2, 0) is 4.74 Å². The number of aliphatic hydroxyl groups is 2. The first kappa shape index (κ1) is 16.5. The molecule has 21 heavy (non-hydrogen) atoms. The predicted molar refractivity (Wildman–Crippen MR) is 67.0 cm³/mol. The number of hydrogen-bond acceptors (Lipinski definition) is 5. The zero-order valence-corrected chi connectivity index (χ0v) is 11.8. The van der Waals surface area contributed by atoms with Crippen LogP contribution < -0.4 is 0 Å². The van der Waals surface area contributed by atoms with E-state index in [0.717, 1.165) is 0 Å². The molecule has 1 fully saturated rings. The molecule has 2 rings (SSSR count). The second-order valence-corrected chi connectivity index (χ2v) is 5.24. The SMILES string of the molecule is OC[C@H]1O[C@@H](n2cc(F)c(=S)[nH]c2=S)C(C(F)(F)F)[C@H]1O. The summed E-state index contributed by atoms with van der Waals surface area (Å²) in [6.07, 6.45) is -9.39. The average molecular weight is 346 g/mol. The van der Waals surface area contributed by atoms with Crippen LogP contribution in [0.5, 0.6) is 0 Å². The van der Waals surface area contributed by atoms with Gasteiger partial charge >= 0.3 is 6.18 Å². The van der Waals surface area contributed by atoms with Crippen molar-refractivity contribution >= 4 is 24.4 Å². The van der Waals surface area contributed by atoms with Crippen LogP contribution in [0.4, 0.5) is 17.6 Å². The fourth-order valence-electron chi connectivity index (χ4n) is 2.14. The first-order valence-corrected chi connectivity index (χ1v) is 6.50. The van der Waals surface area contributed by atoms with Crippen molar-refractivity contribution in [2.45, 2.75) is 24.6 Å². The molecule has 118 valence electrons. The molecule has 5 nitrogen and oxygen atoms in total. The number of alkyl halides is 3. The number of nitrogens with zero attached hydrogens (tertiary/aromatic N) is 1. The quantitative estimate of drug-likeness (QED) is 0.563. The number of aromatic amines is 1. The Morgan fingerprint density at radius 1 is 1.38 bits per heavy atom. The van der Waals surface area contributed by atoms with Gasteiger partial charge in [-0.15, -0.1) is 0 Å². The van der Waals surface area contributed by atoms with Crippen LogP contribution in [0, 0.1) is 21.1 Å². The van der Waals surface area contributed by atoms with Gasteiger partial charge in [0.25, 0.3) is 0 Å². The molecule has 0 spiro atoms. The van der Waals surface area contributed by atoms with E-state index >= 15 is 0 Å². The molecule has 1 aliphatic rings. The third-order valence-electron chi connectivity index (χ3n) is 3.13. The summed E-state index contributed by atoms with van der Waals surface area (Å²) < 4.78 is 57.7. The highest BCUT2D eigenvalue weighted by Gasteiger charge is 2.58. The lowest BCUT2D eigenvalue weighted by Crippen LogP contribution is -2.39. The summed E-state index contributed by atoms with van der Waals surface area (Å²) in [5.41, 5.74) is 0. The maximum atomic E-state index is 13.5. The number of H-pyrrole nitrogens is 1. The lowest BCUT2D eigenvalue weighted by atomic mass is 9.99. The molecular formula is C10H10F4N2O3S2. The van der Waals surface area contributed by atoms with E-state index in [4.69, 9.17) is 22.1 Å². The molecule has 2 heterocycles. The van der Waals surface area contributed by atoms with E-state index in [0.29, 0.717) is 10.8 Å². The Hall–Kier alpha value is -0.880. The van der Waals surface area contributed by atoms with Crippen molar-refractivity contribution < 1.29 is 32.5 Å². The van der Waals surface area contributed by atoms with Gasteiger partial charge in [0, 0.05) is 6.20 Å². The number of nitrogens with one attached hydrogen (secondary N) is 1. The van der Waals surface area contributed by atoms with Gasteiger partial charge in [-0.2, -0.15) is 13.2 Å². The summed E-state index contributed by atoms with van der Waals surface area (Å²) >= 11 is 9.39. The van der Waals surface area contributed by atoms with Crippen molar-refractivity contribution in [1.29, 1.82) is 0 Å². The minimum Gasteiger partial charge on any atom is -0.394 e. The summed E-state index contributed by atoms with van der Waals surface area (Å²) in [6.45, 7) is -0.817. The first-order chi connectivity index (χ1) is 9.66. The van der Waals surface area contributed by atoms with Crippen LogP contribution in [0.3, 0.4) is 0 Å². The van der Waals surface area contributed by atoms with Crippen molar-refractivity contribution in [3.8, 4) is 0 Å². The Morgan fingerprint density at radius 3 is 2.52 bits per heavy atom. The van der Waals surface area contributed by atoms with Crippen LogP contribution in [0.15, 0.2) is 6.20 Å².